The van der Waals surface area contributed by atoms with E-state index >= 15 is 0 Å². The Morgan fingerprint density at radius 1 is 0.933 bits per heavy atom. The highest BCUT2D eigenvalue weighted by Gasteiger charge is 2.39. The number of hydrogen-bond donors (Lipinski definition) is 3. The zero-order chi connectivity index (χ0) is 21.6. The SMILES string of the molecule is COc1cc(C=NNC(=O)C(O)(c2ccccc2)c2ccccc2)cc(OC)c1O. The number of phenolic OH excluding ortho intramolecular Hbond substituents is 1. The second-order valence-corrected chi connectivity index (χ2v) is 6.42. The van der Waals surface area contributed by atoms with Crippen molar-refractivity contribution in [2.45, 2.75) is 5.60 Å². The van der Waals surface area contributed by atoms with Crippen LogP contribution in [0.15, 0.2) is 77.9 Å². The summed E-state index contributed by atoms with van der Waals surface area (Å²) in [6.45, 7) is 0. The third-order valence-corrected chi connectivity index (χ3v) is 4.59. The molecule has 3 aromatic rings. The van der Waals surface area contributed by atoms with Gasteiger partial charge in [0.2, 0.25) is 5.75 Å². The maximum Gasteiger partial charge on any atom is 0.281 e. The van der Waals surface area contributed by atoms with Crippen LogP contribution in [0.25, 0.3) is 0 Å². The first-order valence-corrected chi connectivity index (χ1v) is 9.12. The lowest BCUT2D eigenvalue weighted by Crippen LogP contribution is -2.43. The number of rotatable bonds is 7. The molecule has 7 nitrogen and oxygen atoms in total. The normalized spacial score (nSPS) is 11.3. The van der Waals surface area contributed by atoms with Crippen LogP contribution in [0.5, 0.6) is 17.2 Å². The summed E-state index contributed by atoms with van der Waals surface area (Å²) in [5, 5.41) is 25.3. The Balaban J connectivity index is 1.89. The van der Waals surface area contributed by atoms with Crippen molar-refractivity contribution in [2.75, 3.05) is 14.2 Å². The molecule has 0 unspecified atom stereocenters. The Kier molecular flexibility index (Phi) is 6.34. The molecule has 0 heterocycles. The fourth-order valence-corrected chi connectivity index (χ4v) is 3.02. The fourth-order valence-electron chi connectivity index (χ4n) is 3.02. The highest BCUT2D eigenvalue weighted by molar-refractivity contribution is 5.91. The minimum atomic E-state index is -1.93. The van der Waals surface area contributed by atoms with Crippen LogP contribution < -0.4 is 14.9 Å². The number of benzene rings is 3. The lowest BCUT2D eigenvalue weighted by atomic mass is 9.85. The van der Waals surface area contributed by atoms with E-state index in [9.17, 15) is 15.0 Å². The van der Waals surface area contributed by atoms with Crippen molar-refractivity contribution in [3.8, 4) is 17.2 Å². The van der Waals surface area contributed by atoms with Crippen LogP contribution in [-0.2, 0) is 10.4 Å². The van der Waals surface area contributed by atoms with Crippen molar-refractivity contribution in [1.82, 2.24) is 5.43 Å². The van der Waals surface area contributed by atoms with E-state index < -0.39 is 11.5 Å². The highest BCUT2D eigenvalue weighted by Crippen LogP contribution is 2.36. The van der Waals surface area contributed by atoms with Gasteiger partial charge in [0.05, 0.1) is 20.4 Å². The molecule has 7 heteroatoms. The molecule has 154 valence electrons. The number of nitrogens with one attached hydrogen (secondary N) is 1. The zero-order valence-electron chi connectivity index (χ0n) is 16.6. The van der Waals surface area contributed by atoms with E-state index in [1.165, 1.54) is 32.6 Å². The third-order valence-electron chi connectivity index (χ3n) is 4.59. The highest BCUT2D eigenvalue weighted by atomic mass is 16.5. The maximum absolute atomic E-state index is 13.0. The minimum Gasteiger partial charge on any atom is -0.502 e. The van der Waals surface area contributed by atoms with Crippen LogP contribution in [0.3, 0.4) is 0 Å². The molecule has 0 radical (unpaired) electrons. The van der Waals surface area contributed by atoms with E-state index in [2.05, 4.69) is 10.5 Å². The molecule has 0 aliphatic heterocycles. The van der Waals surface area contributed by atoms with E-state index in [4.69, 9.17) is 9.47 Å². The van der Waals surface area contributed by atoms with Gasteiger partial charge in [0.25, 0.3) is 5.91 Å². The van der Waals surface area contributed by atoms with Crippen molar-refractivity contribution < 1.29 is 24.5 Å². The van der Waals surface area contributed by atoms with Gasteiger partial charge in [-0.1, -0.05) is 60.7 Å². The van der Waals surface area contributed by atoms with Crippen molar-refractivity contribution in [3.63, 3.8) is 0 Å². The average molecular weight is 406 g/mol. The standard InChI is InChI=1S/C23H22N2O5/c1-29-19-13-16(14-20(30-2)21(19)26)15-24-25-22(27)23(28,17-9-5-3-6-10-17)18-11-7-4-8-12-18/h3-15,26,28H,1-2H3,(H,25,27). The summed E-state index contributed by atoms with van der Waals surface area (Å²) in [5.41, 5.74) is 1.81. The largest absolute Gasteiger partial charge is 0.502 e. The number of carbonyl (C=O) groups is 1. The molecule has 0 bridgehead atoms. The van der Waals surface area contributed by atoms with Gasteiger partial charge in [0, 0.05) is 5.56 Å². The molecule has 1 amide bonds. The van der Waals surface area contributed by atoms with Gasteiger partial charge in [-0.15, -0.1) is 0 Å². The Bertz CT molecular complexity index is 971. The number of phenols is 1. The summed E-state index contributed by atoms with van der Waals surface area (Å²) in [6, 6.07) is 20.3. The van der Waals surface area contributed by atoms with Gasteiger partial charge < -0.3 is 19.7 Å². The maximum atomic E-state index is 13.0. The summed E-state index contributed by atoms with van der Waals surface area (Å²) in [5.74, 6) is -0.447. The van der Waals surface area contributed by atoms with Crippen molar-refractivity contribution >= 4 is 12.1 Å². The second kappa shape index (κ2) is 9.11. The molecule has 0 aliphatic carbocycles. The average Bonchev–Trinajstić information content (AvgIpc) is 2.80. The van der Waals surface area contributed by atoms with Crippen LogP contribution in [0.1, 0.15) is 16.7 Å². The van der Waals surface area contributed by atoms with E-state index in [0.717, 1.165) is 0 Å². The molecule has 0 saturated heterocycles. The smallest absolute Gasteiger partial charge is 0.281 e. The molecule has 30 heavy (non-hydrogen) atoms. The summed E-state index contributed by atoms with van der Waals surface area (Å²) in [7, 11) is 2.83. The molecule has 0 saturated carbocycles. The molecule has 0 aliphatic rings. The van der Waals surface area contributed by atoms with Gasteiger partial charge in [-0.3, -0.25) is 4.79 Å². The molecule has 3 N–H and O–H groups in total. The van der Waals surface area contributed by atoms with Gasteiger partial charge in [-0.25, -0.2) is 5.43 Å². The summed E-state index contributed by atoms with van der Waals surface area (Å²) in [6.07, 6.45) is 1.36. The first-order chi connectivity index (χ1) is 14.5. The van der Waals surface area contributed by atoms with Gasteiger partial charge in [-0.2, -0.15) is 5.10 Å². The van der Waals surface area contributed by atoms with Crippen molar-refractivity contribution in [2.24, 2.45) is 5.10 Å². The fraction of sp³-hybridized carbons (Fsp3) is 0.130. The van der Waals surface area contributed by atoms with Crippen molar-refractivity contribution in [1.29, 1.82) is 0 Å². The number of amides is 1. The van der Waals surface area contributed by atoms with Crippen LogP contribution >= 0.6 is 0 Å². The van der Waals surface area contributed by atoms with Crippen LogP contribution in [-0.4, -0.2) is 36.6 Å². The van der Waals surface area contributed by atoms with E-state index in [0.29, 0.717) is 16.7 Å². The Morgan fingerprint density at radius 3 is 1.83 bits per heavy atom. The number of hydrazone groups is 1. The predicted octanol–water partition coefficient (Wildman–Crippen LogP) is 2.80. The molecular weight excluding hydrogens is 384 g/mol. The molecule has 3 rings (SSSR count). The van der Waals surface area contributed by atoms with Crippen molar-refractivity contribution in [3.05, 3.63) is 89.5 Å². The lowest BCUT2D eigenvalue weighted by molar-refractivity contribution is -0.136. The molecule has 3 aromatic carbocycles. The molecule has 0 atom stereocenters. The van der Waals surface area contributed by atoms with Crippen LogP contribution in [0.2, 0.25) is 0 Å². The number of carbonyl (C=O) groups excluding carboxylic acids is 1. The Hall–Kier alpha value is -3.84. The summed E-state index contributed by atoms with van der Waals surface area (Å²) in [4.78, 5) is 13.0. The topological polar surface area (TPSA) is 100 Å². The van der Waals surface area contributed by atoms with Gasteiger partial charge in [0.15, 0.2) is 17.1 Å². The van der Waals surface area contributed by atoms with Gasteiger partial charge >= 0.3 is 0 Å². The molecule has 0 fully saturated rings. The number of methoxy groups -OCH3 is 2. The Labute approximate surface area is 174 Å². The second-order valence-electron chi connectivity index (χ2n) is 6.42. The number of aromatic hydroxyl groups is 1. The first-order valence-electron chi connectivity index (χ1n) is 9.12. The summed E-state index contributed by atoms with van der Waals surface area (Å²) < 4.78 is 10.2. The minimum absolute atomic E-state index is 0.135. The summed E-state index contributed by atoms with van der Waals surface area (Å²) >= 11 is 0. The predicted molar refractivity (Wildman–Crippen MR) is 113 cm³/mol. The number of ether oxygens (including phenoxy) is 2. The molecule has 0 aromatic heterocycles. The lowest BCUT2D eigenvalue weighted by Gasteiger charge is -2.27. The van der Waals surface area contributed by atoms with Crippen LogP contribution in [0, 0.1) is 0 Å². The number of hydrogen-bond acceptors (Lipinski definition) is 6. The van der Waals surface area contributed by atoms with E-state index in [-0.39, 0.29) is 17.2 Å². The third kappa shape index (κ3) is 4.11. The Morgan fingerprint density at radius 2 is 1.40 bits per heavy atom. The number of aliphatic hydroxyl groups is 1. The van der Waals surface area contributed by atoms with E-state index in [1.807, 2.05) is 0 Å². The van der Waals surface area contributed by atoms with E-state index in [1.54, 1.807) is 60.7 Å². The molecule has 0 spiro atoms. The zero-order valence-corrected chi connectivity index (χ0v) is 16.6. The monoisotopic (exact) mass is 406 g/mol. The van der Waals surface area contributed by atoms with Gasteiger partial charge in [-0.05, 0) is 23.3 Å². The van der Waals surface area contributed by atoms with Crippen LogP contribution in [0.4, 0.5) is 0 Å². The number of nitrogens with zero attached hydrogens (tertiary/aromatic N) is 1. The first kappa shape index (κ1) is 20.9. The molecular formula is C23H22N2O5. The quantitative estimate of drug-likeness (QED) is 0.414. The van der Waals surface area contributed by atoms with Gasteiger partial charge in [0.1, 0.15) is 0 Å².